The Balaban J connectivity index is 2.07. The molecule has 1 nitrogen and oxygen atoms in total. The Kier molecular flexibility index (Phi) is 5.27. The molecule has 0 aliphatic heterocycles. The first-order valence-electron chi connectivity index (χ1n) is 8.56. The molecular formula is C19H31IO. The minimum Gasteiger partial charge on any atom is -0.303 e. The topological polar surface area (TPSA) is 17.1 Å². The van der Waals surface area contributed by atoms with E-state index in [1.165, 1.54) is 44.9 Å². The van der Waals surface area contributed by atoms with Gasteiger partial charge in [-0.25, -0.2) is 0 Å². The maximum absolute atomic E-state index is 11.1. The van der Waals surface area contributed by atoms with E-state index in [0.29, 0.717) is 8.84 Å². The molecule has 2 rings (SSSR count). The van der Waals surface area contributed by atoms with Crippen LogP contribution in [0.25, 0.3) is 0 Å². The van der Waals surface area contributed by atoms with Gasteiger partial charge in [-0.05, 0) is 56.8 Å². The summed E-state index contributed by atoms with van der Waals surface area (Å²) in [6, 6.07) is 0. The van der Waals surface area contributed by atoms with Crippen molar-refractivity contribution >= 4 is 28.9 Å². The monoisotopic (exact) mass is 402 g/mol. The van der Waals surface area contributed by atoms with Crippen molar-refractivity contribution in [2.75, 3.05) is 0 Å². The summed E-state index contributed by atoms with van der Waals surface area (Å²) >= 11 is 2.71. The molecule has 3 atom stereocenters. The maximum Gasteiger partial charge on any atom is 0.125 e. The average molecular weight is 402 g/mol. The summed E-state index contributed by atoms with van der Waals surface area (Å²) in [5.74, 6) is 0.782. The van der Waals surface area contributed by atoms with Crippen LogP contribution in [0.5, 0.6) is 0 Å². The lowest BCUT2D eigenvalue weighted by molar-refractivity contribution is -0.115. The maximum atomic E-state index is 11.1. The van der Waals surface area contributed by atoms with Gasteiger partial charge in [0.05, 0.1) is 0 Å². The molecule has 0 saturated heterocycles. The number of hydrogen-bond acceptors (Lipinski definition) is 1. The lowest BCUT2D eigenvalue weighted by Gasteiger charge is -2.49. The van der Waals surface area contributed by atoms with E-state index in [1.54, 1.807) is 5.57 Å². The summed E-state index contributed by atoms with van der Waals surface area (Å²) in [4.78, 5) is 11.1. The highest BCUT2D eigenvalue weighted by atomic mass is 127. The van der Waals surface area contributed by atoms with E-state index >= 15 is 0 Å². The molecule has 2 heteroatoms. The first kappa shape index (κ1) is 17.5. The molecule has 0 bridgehead atoms. The fourth-order valence-electron chi connectivity index (χ4n) is 4.38. The zero-order valence-corrected chi connectivity index (χ0v) is 16.3. The molecular weight excluding hydrogens is 371 g/mol. The van der Waals surface area contributed by atoms with E-state index in [0.717, 1.165) is 18.6 Å². The van der Waals surface area contributed by atoms with Crippen LogP contribution in [0.3, 0.4) is 0 Å². The van der Waals surface area contributed by atoms with Crippen LogP contribution in [-0.4, -0.2) is 9.71 Å². The van der Waals surface area contributed by atoms with Gasteiger partial charge in [0, 0.05) is 8.84 Å². The fraction of sp³-hybridized carbons (Fsp3) is 0.842. The van der Waals surface area contributed by atoms with Gasteiger partial charge in [0.2, 0.25) is 0 Å². The van der Waals surface area contributed by atoms with Gasteiger partial charge in [0.25, 0.3) is 0 Å². The zero-order valence-electron chi connectivity index (χ0n) is 14.2. The fourth-order valence-corrected chi connectivity index (χ4v) is 5.34. The number of aldehydes is 1. The third kappa shape index (κ3) is 3.92. The van der Waals surface area contributed by atoms with Crippen LogP contribution in [0.1, 0.15) is 79.1 Å². The second-order valence-electron chi connectivity index (χ2n) is 8.44. The Hall–Kier alpha value is 0.140. The van der Waals surface area contributed by atoms with Crippen molar-refractivity contribution < 1.29 is 4.79 Å². The van der Waals surface area contributed by atoms with Gasteiger partial charge in [0.15, 0.2) is 0 Å². The van der Waals surface area contributed by atoms with E-state index in [9.17, 15) is 4.79 Å². The SMILES string of the molecule is CC(C)(C=O)CCC[C@]1(C)CCCC2C1=CCC[C@]2(C)I. The molecule has 21 heavy (non-hydrogen) atoms. The smallest absolute Gasteiger partial charge is 0.125 e. The van der Waals surface area contributed by atoms with Gasteiger partial charge < -0.3 is 4.79 Å². The second-order valence-corrected chi connectivity index (χ2v) is 10.9. The van der Waals surface area contributed by atoms with Crippen LogP contribution in [0.15, 0.2) is 11.6 Å². The number of fused-ring (bicyclic) bond motifs is 1. The quantitative estimate of drug-likeness (QED) is 0.235. The highest BCUT2D eigenvalue weighted by molar-refractivity contribution is 14.1. The van der Waals surface area contributed by atoms with Crippen molar-refractivity contribution in [3.8, 4) is 0 Å². The van der Waals surface area contributed by atoms with Crippen LogP contribution in [-0.2, 0) is 4.79 Å². The van der Waals surface area contributed by atoms with Crippen LogP contribution in [0.2, 0.25) is 0 Å². The molecule has 120 valence electrons. The predicted molar refractivity (Wildman–Crippen MR) is 98.9 cm³/mol. The molecule has 2 aliphatic rings. The molecule has 2 aliphatic carbocycles. The van der Waals surface area contributed by atoms with Crippen molar-refractivity contribution in [1.82, 2.24) is 0 Å². The van der Waals surface area contributed by atoms with E-state index in [2.05, 4.69) is 56.4 Å². The van der Waals surface area contributed by atoms with Gasteiger partial charge in [0.1, 0.15) is 6.29 Å². The number of halogens is 1. The molecule has 0 spiro atoms. The summed E-state index contributed by atoms with van der Waals surface area (Å²) in [7, 11) is 0. The molecule has 1 fully saturated rings. The number of rotatable bonds is 5. The normalized spacial score (nSPS) is 36.8. The second kappa shape index (κ2) is 6.33. The van der Waals surface area contributed by atoms with Crippen molar-refractivity contribution in [2.45, 2.75) is 82.5 Å². The molecule has 0 N–H and O–H groups in total. The lowest BCUT2D eigenvalue weighted by Crippen LogP contribution is -2.41. The van der Waals surface area contributed by atoms with Crippen molar-refractivity contribution in [1.29, 1.82) is 0 Å². The third-order valence-electron chi connectivity index (χ3n) is 5.89. The summed E-state index contributed by atoms with van der Waals surface area (Å²) in [6.45, 7) is 9.06. The average Bonchev–Trinajstić information content (AvgIpc) is 2.39. The molecule has 1 saturated carbocycles. The van der Waals surface area contributed by atoms with Crippen LogP contribution < -0.4 is 0 Å². The highest BCUT2D eigenvalue weighted by Gasteiger charge is 2.45. The van der Waals surface area contributed by atoms with Gasteiger partial charge in [-0.2, -0.15) is 0 Å². The summed E-state index contributed by atoms with van der Waals surface area (Å²) < 4.78 is 0.450. The number of carbonyl (C=O) groups excluding carboxylic acids is 1. The number of hydrogen-bond donors (Lipinski definition) is 0. The molecule has 0 aromatic heterocycles. The van der Waals surface area contributed by atoms with Crippen molar-refractivity contribution in [2.24, 2.45) is 16.7 Å². The Labute approximate surface area is 144 Å². The standard InChI is InChI=1S/C19H31IO/c1-17(2,14-21)10-7-12-18(3)11-5-9-16-15(18)8-6-13-19(16,4)20/h8,14,16H,5-7,9-13H2,1-4H3/t16?,18-,19-/m0/s1. The van der Waals surface area contributed by atoms with Gasteiger partial charge in [-0.1, -0.05) is 67.9 Å². The summed E-state index contributed by atoms with van der Waals surface area (Å²) in [6.07, 6.45) is 13.8. The Morgan fingerprint density at radius 1 is 1.38 bits per heavy atom. The van der Waals surface area contributed by atoms with Gasteiger partial charge >= 0.3 is 0 Å². The molecule has 0 aromatic carbocycles. The summed E-state index contributed by atoms with van der Waals surface area (Å²) in [5, 5.41) is 0. The van der Waals surface area contributed by atoms with Gasteiger partial charge in [-0.15, -0.1) is 0 Å². The third-order valence-corrected chi connectivity index (χ3v) is 7.18. The Bertz CT molecular complexity index is 421. The van der Waals surface area contributed by atoms with E-state index in [-0.39, 0.29) is 5.41 Å². The summed E-state index contributed by atoms with van der Waals surface area (Å²) in [5.41, 5.74) is 1.98. The van der Waals surface area contributed by atoms with Crippen LogP contribution in [0, 0.1) is 16.7 Å². The Morgan fingerprint density at radius 2 is 2.10 bits per heavy atom. The minimum atomic E-state index is -0.150. The van der Waals surface area contributed by atoms with Gasteiger partial charge in [-0.3, -0.25) is 0 Å². The predicted octanol–water partition coefficient (Wildman–Crippen LogP) is 6.10. The zero-order chi connectivity index (χ0) is 15.7. The first-order chi connectivity index (χ1) is 9.70. The van der Waals surface area contributed by atoms with Crippen molar-refractivity contribution in [3.05, 3.63) is 11.6 Å². The molecule has 0 aromatic rings. The lowest BCUT2D eigenvalue weighted by atomic mass is 9.59. The number of carbonyl (C=O) groups is 1. The van der Waals surface area contributed by atoms with Crippen LogP contribution in [0.4, 0.5) is 0 Å². The molecule has 0 radical (unpaired) electrons. The first-order valence-corrected chi connectivity index (χ1v) is 9.64. The van der Waals surface area contributed by atoms with E-state index in [1.807, 2.05) is 0 Å². The molecule has 0 amide bonds. The highest BCUT2D eigenvalue weighted by Crippen LogP contribution is 2.55. The van der Waals surface area contributed by atoms with E-state index < -0.39 is 0 Å². The molecule has 1 unspecified atom stereocenters. The van der Waals surface area contributed by atoms with Crippen LogP contribution >= 0.6 is 22.6 Å². The van der Waals surface area contributed by atoms with Crippen molar-refractivity contribution in [3.63, 3.8) is 0 Å². The number of alkyl halides is 1. The number of allylic oxidation sites excluding steroid dienone is 2. The molecule has 0 heterocycles. The largest absolute Gasteiger partial charge is 0.303 e. The Morgan fingerprint density at radius 3 is 2.76 bits per heavy atom. The van der Waals surface area contributed by atoms with E-state index in [4.69, 9.17) is 0 Å². The minimum absolute atomic E-state index is 0.150.